The minimum absolute atomic E-state index is 0.0306. The Morgan fingerprint density at radius 3 is 2.61 bits per heavy atom. The van der Waals surface area contributed by atoms with Crippen molar-refractivity contribution in [1.29, 1.82) is 0 Å². The van der Waals surface area contributed by atoms with Crippen LogP contribution in [0.5, 0.6) is 11.5 Å². The van der Waals surface area contributed by atoms with Crippen LogP contribution in [0.3, 0.4) is 0 Å². The zero-order chi connectivity index (χ0) is 23.8. The Hall–Kier alpha value is -3.95. The highest BCUT2D eigenvalue weighted by atomic mass is 35.5. The maximum Gasteiger partial charge on any atom is 0.345 e. The third-order valence-electron chi connectivity index (χ3n) is 4.04. The molecule has 33 heavy (non-hydrogen) atoms. The smallest absolute Gasteiger partial charge is 0.345 e. The molecule has 0 aliphatic carbocycles. The number of nitro groups is 1. The first-order valence-electron chi connectivity index (χ1n) is 9.29. The van der Waals surface area contributed by atoms with E-state index in [1.54, 1.807) is 24.3 Å². The molecule has 11 heteroatoms. The van der Waals surface area contributed by atoms with Gasteiger partial charge >= 0.3 is 11.7 Å². The Kier molecular flexibility index (Phi) is 7.96. The molecule has 0 unspecified atom stereocenters. The lowest BCUT2D eigenvalue weighted by atomic mass is 10.2. The highest BCUT2D eigenvalue weighted by Crippen LogP contribution is 2.25. The number of amides is 1. The molecule has 0 saturated carbocycles. The molecule has 1 N–H and O–H groups in total. The van der Waals surface area contributed by atoms with E-state index < -0.39 is 23.4 Å². The molecule has 3 aromatic rings. The van der Waals surface area contributed by atoms with Gasteiger partial charge < -0.3 is 9.47 Å². The lowest BCUT2D eigenvalue weighted by Crippen LogP contribution is -2.24. The molecule has 1 amide bonds. The topological polar surface area (TPSA) is 120 Å². The molecule has 0 aromatic heterocycles. The number of rotatable bonds is 8. The van der Waals surface area contributed by atoms with Gasteiger partial charge in [0.25, 0.3) is 5.91 Å². The van der Waals surface area contributed by atoms with E-state index in [0.717, 1.165) is 0 Å². The highest BCUT2D eigenvalue weighted by Gasteiger charge is 2.15. The third kappa shape index (κ3) is 6.76. The molecule has 0 aliphatic heterocycles. The third-order valence-corrected chi connectivity index (χ3v) is 4.59. The van der Waals surface area contributed by atoms with Crippen LogP contribution in [-0.4, -0.2) is 29.6 Å². The van der Waals surface area contributed by atoms with E-state index in [4.69, 9.17) is 32.7 Å². The molecular weight excluding hydrogens is 473 g/mol. The summed E-state index contributed by atoms with van der Waals surface area (Å²) in [6.45, 7) is -0.471. The van der Waals surface area contributed by atoms with E-state index in [1.165, 1.54) is 48.7 Å². The van der Waals surface area contributed by atoms with Crippen molar-refractivity contribution < 1.29 is 24.0 Å². The maximum absolute atomic E-state index is 12.3. The predicted molar refractivity (Wildman–Crippen MR) is 122 cm³/mol. The second-order valence-electron chi connectivity index (χ2n) is 6.39. The number of nitrogens with zero attached hydrogens (tertiary/aromatic N) is 2. The molecule has 9 nitrogen and oxygen atoms in total. The van der Waals surface area contributed by atoms with E-state index in [-0.39, 0.29) is 27.8 Å². The van der Waals surface area contributed by atoms with Crippen molar-refractivity contribution in [2.75, 3.05) is 6.61 Å². The van der Waals surface area contributed by atoms with Crippen molar-refractivity contribution in [2.24, 2.45) is 5.10 Å². The lowest BCUT2D eigenvalue weighted by molar-refractivity contribution is -0.385. The zero-order valence-electron chi connectivity index (χ0n) is 16.7. The first-order valence-corrected chi connectivity index (χ1v) is 10.0. The van der Waals surface area contributed by atoms with Crippen LogP contribution in [0.2, 0.25) is 10.0 Å². The van der Waals surface area contributed by atoms with Gasteiger partial charge in [-0.05, 0) is 42.0 Å². The number of ether oxygens (including phenoxy) is 2. The molecule has 3 aromatic carbocycles. The molecule has 0 bridgehead atoms. The lowest BCUT2D eigenvalue weighted by Gasteiger charge is -2.07. The van der Waals surface area contributed by atoms with Crippen LogP contribution in [0.4, 0.5) is 5.69 Å². The quantitative estimate of drug-likeness (QED) is 0.162. The Morgan fingerprint density at radius 2 is 1.85 bits per heavy atom. The first-order chi connectivity index (χ1) is 15.8. The van der Waals surface area contributed by atoms with Crippen molar-refractivity contribution in [1.82, 2.24) is 5.43 Å². The normalized spacial score (nSPS) is 10.6. The summed E-state index contributed by atoms with van der Waals surface area (Å²) in [7, 11) is 0. The number of nitro benzene ring substituents is 1. The number of esters is 1. The van der Waals surface area contributed by atoms with Crippen LogP contribution < -0.4 is 14.9 Å². The Bertz CT molecular complexity index is 1230. The van der Waals surface area contributed by atoms with E-state index in [0.29, 0.717) is 10.6 Å². The van der Waals surface area contributed by atoms with Crippen molar-refractivity contribution >= 4 is 47.0 Å². The van der Waals surface area contributed by atoms with E-state index in [9.17, 15) is 19.7 Å². The average molecular weight is 488 g/mol. The molecule has 0 spiro atoms. The number of benzene rings is 3. The number of carbonyl (C=O) groups excluding carboxylic acids is 2. The van der Waals surface area contributed by atoms with Gasteiger partial charge in [-0.15, -0.1) is 0 Å². The number of carbonyl (C=O) groups is 2. The summed E-state index contributed by atoms with van der Waals surface area (Å²) >= 11 is 11.8. The largest absolute Gasteiger partial charge is 0.477 e. The van der Waals surface area contributed by atoms with Gasteiger partial charge in [0, 0.05) is 11.1 Å². The summed E-state index contributed by atoms with van der Waals surface area (Å²) in [6.07, 6.45) is 1.33. The number of halogens is 2. The second-order valence-corrected chi connectivity index (χ2v) is 7.24. The van der Waals surface area contributed by atoms with Crippen molar-refractivity contribution in [3.05, 3.63) is 98.0 Å². The number of hydrogen-bond acceptors (Lipinski definition) is 7. The van der Waals surface area contributed by atoms with Gasteiger partial charge in [0.05, 0.1) is 21.7 Å². The number of hydrazone groups is 1. The van der Waals surface area contributed by atoms with Crippen LogP contribution in [0.15, 0.2) is 71.8 Å². The summed E-state index contributed by atoms with van der Waals surface area (Å²) in [5.41, 5.74) is 2.69. The number of hydrogen-bond donors (Lipinski definition) is 1. The summed E-state index contributed by atoms with van der Waals surface area (Å²) in [4.78, 5) is 34.6. The summed E-state index contributed by atoms with van der Waals surface area (Å²) in [5.74, 6) is -1.08. The molecule has 168 valence electrons. The second kappa shape index (κ2) is 11.1. The summed E-state index contributed by atoms with van der Waals surface area (Å²) in [5, 5.41) is 15.3. The minimum atomic E-state index is -0.661. The van der Waals surface area contributed by atoms with Gasteiger partial charge in [-0.2, -0.15) is 5.10 Å². The van der Waals surface area contributed by atoms with Crippen LogP contribution in [0.1, 0.15) is 15.9 Å². The summed E-state index contributed by atoms with van der Waals surface area (Å²) < 4.78 is 10.5. The number of nitrogens with one attached hydrogen (secondary N) is 1. The number of para-hydroxylation sites is 2. The Balaban J connectivity index is 1.55. The van der Waals surface area contributed by atoms with Gasteiger partial charge in [0.15, 0.2) is 12.4 Å². The fourth-order valence-electron chi connectivity index (χ4n) is 2.56. The molecular formula is C22H15Cl2N3O6. The standard InChI is InChI=1S/C22H15Cl2N3O6/c23-15-8-9-17(18(24)11-15)22(29)33-16-5-3-4-14(10-16)12-25-26-21(28)13-32-20-7-2-1-6-19(20)27(30)31/h1-12H,13H2,(H,26,28)/b25-12+. The molecule has 3 rings (SSSR count). The van der Waals surface area contributed by atoms with Crippen LogP contribution in [0, 0.1) is 10.1 Å². The fraction of sp³-hybridized carbons (Fsp3) is 0.0455. The molecule has 0 heterocycles. The fourth-order valence-corrected chi connectivity index (χ4v) is 3.05. The first kappa shape index (κ1) is 23.7. The summed E-state index contributed by atoms with van der Waals surface area (Å²) in [6, 6.07) is 16.5. The predicted octanol–water partition coefficient (Wildman–Crippen LogP) is 4.65. The van der Waals surface area contributed by atoms with Gasteiger partial charge in [-0.3, -0.25) is 14.9 Å². The maximum atomic E-state index is 12.3. The van der Waals surface area contributed by atoms with E-state index in [1.807, 2.05) is 0 Å². The Morgan fingerprint density at radius 1 is 1.06 bits per heavy atom. The van der Waals surface area contributed by atoms with E-state index >= 15 is 0 Å². The van der Waals surface area contributed by atoms with Crippen LogP contribution in [0.25, 0.3) is 0 Å². The van der Waals surface area contributed by atoms with Crippen molar-refractivity contribution in [3.63, 3.8) is 0 Å². The van der Waals surface area contributed by atoms with Gasteiger partial charge in [-0.25, -0.2) is 10.2 Å². The molecule has 0 atom stereocenters. The SMILES string of the molecule is O=C(COc1ccccc1[N+](=O)[O-])N/N=C/c1cccc(OC(=O)c2ccc(Cl)cc2Cl)c1. The van der Waals surface area contributed by atoms with E-state index in [2.05, 4.69) is 10.5 Å². The van der Waals surface area contributed by atoms with Crippen LogP contribution in [-0.2, 0) is 4.79 Å². The van der Waals surface area contributed by atoms with Crippen molar-refractivity contribution in [3.8, 4) is 11.5 Å². The molecule has 0 radical (unpaired) electrons. The molecule has 0 fully saturated rings. The Labute approximate surface area is 197 Å². The van der Waals surface area contributed by atoms with Gasteiger partial charge in [-0.1, -0.05) is 47.5 Å². The average Bonchev–Trinajstić information content (AvgIpc) is 2.78. The van der Waals surface area contributed by atoms with Crippen molar-refractivity contribution in [2.45, 2.75) is 0 Å². The van der Waals surface area contributed by atoms with Gasteiger partial charge in [0.1, 0.15) is 5.75 Å². The molecule has 0 saturated heterocycles. The minimum Gasteiger partial charge on any atom is -0.477 e. The van der Waals surface area contributed by atoms with Gasteiger partial charge in [0.2, 0.25) is 0 Å². The monoisotopic (exact) mass is 487 g/mol. The highest BCUT2D eigenvalue weighted by molar-refractivity contribution is 6.36. The molecule has 0 aliphatic rings. The van der Waals surface area contributed by atoms with Crippen LogP contribution >= 0.6 is 23.2 Å². The zero-order valence-corrected chi connectivity index (χ0v) is 18.2.